The van der Waals surface area contributed by atoms with Gasteiger partial charge in [0.25, 0.3) is 0 Å². The Bertz CT molecular complexity index is 1060. The van der Waals surface area contributed by atoms with E-state index in [9.17, 15) is 0 Å². The molecule has 0 saturated carbocycles. The Labute approximate surface area is 171 Å². The van der Waals surface area contributed by atoms with E-state index in [1.807, 2.05) is 45.0 Å². The maximum Gasteiger partial charge on any atom is 0.191 e. The Hall–Kier alpha value is -3.35. The van der Waals surface area contributed by atoms with Crippen molar-refractivity contribution >= 4 is 17.2 Å². The molecule has 0 bridgehead atoms. The van der Waals surface area contributed by atoms with E-state index in [0.29, 0.717) is 35.1 Å². The molecular formula is C22H27N5O2. The summed E-state index contributed by atoms with van der Waals surface area (Å²) in [6.07, 6.45) is 2.60. The van der Waals surface area contributed by atoms with Gasteiger partial charge in [-0.25, -0.2) is 9.97 Å². The number of nitrogens with two attached hydrogens (primary N) is 1. The molecule has 0 fully saturated rings. The molecule has 7 nitrogen and oxygen atoms in total. The molecule has 0 atom stereocenters. The van der Waals surface area contributed by atoms with E-state index in [-0.39, 0.29) is 7.53 Å². The van der Waals surface area contributed by atoms with Gasteiger partial charge in [0.1, 0.15) is 17.3 Å². The van der Waals surface area contributed by atoms with E-state index in [4.69, 9.17) is 20.3 Å². The summed E-state index contributed by atoms with van der Waals surface area (Å²) in [5.41, 5.74) is 9.46. The van der Waals surface area contributed by atoms with E-state index in [2.05, 4.69) is 14.9 Å². The quantitative estimate of drug-likeness (QED) is 0.502. The molecule has 7 heteroatoms. The number of oxazole rings is 1. The van der Waals surface area contributed by atoms with Crippen molar-refractivity contribution in [2.24, 2.45) is 0 Å². The molecule has 0 spiro atoms. The molecule has 2 aromatic heterocycles. The van der Waals surface area contributed by atoms with Gasteiger partial charge in [0, 0.05) is 44.3 Å². The summed E-state index contributed by atoms with van der Waals surface area (Å²) >= 11 is 0. The second-order valence-electron chi connectivity index (χ2n) is 7.47. The monoisotopic (exact) mass is 393 g/mol. The molecule has 0 unspecified atom stereocenters. The highest BCUT2D eigenvalue weighted by molar-refractivity contribution is 6.14. The second kappa shape index (κ2) is 7.58. The van der Waals surface area contributed by atoms with Crippen LogP contribution in [0.15, 0.2) is 40.9 Å². The number of hydrogen-bond donors (Lipinski definition) is 2. The molecule has 4 rings (SSSR count). The first-order chi connectivity index (χ1) is 13.9. The lowest BCUT2D eigenvalue weighted by atomic mass is 10.0. The lowest BCUT2D eigenvalue weighted by Gasteiger charge is -2.26. The number of pyridine rings is 1. The summed E-state index contributed by atoms with van der Waals surface area (Å²) in [6.45, 7) is 7.24. The summed E-state index contributed by atoms with van der Waals surface area (Å²) in [5.74, 6) is 3.09. The van der Waals surface area contributed by atoms with Crippen LogP contribution in [-0.4, -0.2) is 28.3 Å². The first-order valence-electron chi connectivity index (χ1n) is 9.72. The SMILES string of the molecule is Cc1nc2c(o1)CN(c1cc(C(=N)c3cc(OC(C)C)ccc3N)ccn1)CC2.[HH]. The number of hydrogen-bond acceptors (Lipinski definition) is 7. The van der Waals surface area contributed by atoms with Crippen molar-refractivity contribution in [3.8, 4) is 5.75 Å². The predicted molar refractivity (Wildman–Crippen MR) is 115 cm³/mol. The molecule has 0 aliphatic carbocycles. The van der Waals surface area contributed by atoms with E-state index in [0.717, 1.165) is 35.8 Å². The largest absolute Gasteiger partial charge is 0.491 e. The summed E-state index contributed by atoms with van der Waals surface area (Å²) in [7, 11) is 0. The summed E-state index contributed by atoms with van der Waals surface area (Å²) in [4.78, 5) is 11.1. The number of nitrogen functional groups attached to an aromatic ring is 1. The van der Waals surface area contributed by atoms with Gasteiger partial charge in [-0.1, -0.05) is 0 Å². The van der Waals surface area contributed by atoms with Crippen molar-refractivity contribution in [1.29, 1.82) is 5.41 Å². The summed E-state index contributed by atoms with van der Waals surface area (Å²) in [5, 5.41) is 8.71. The molecule has 1 aliphatic heterocycles. The molecule has 3 N–H and O–H groups in total. The number of nitrogens with zero attached hydrogens (tertiary/aromatic N) is 3. The van der Waals surface area contributed by atoms with E-state index < -0.39 is 0 Å². The van der Waals surface area contributed by atoms with Gasteiger partial charge in [-0.15, -0.1) is 0 Å². The number of nitrogens with one attached hydrogen (secondary N) is 1. The Kier molecular flexibility index (Phi) is 4.96. The number of aryl methyl sites for hydroxylation is 1. The molecule has 152 valence electrons. The average Bonchev–Trinajstić information content (AvgIpc) is 3.08. The van der Waals surface area contributed by atoms with Gasteiger partial charge in [0.15, 0.2) is 5.89 Å². The van der Waals surface area contributed by atoms with Crippen LogP contribution in [0.1, 0.15) is 43.7 Å². The predicted octanol–water partition coefficient (Wildman–Crippen LogP) is 3.97. The van der Waals surface area contributed by atoms with E-state index in [1.165, 1.54) is 0 Å². The molecule has 0 amide bonds. The number of fused-ring (bicyclic) bond motifs is 1. The van der Waals surface area contributed by atoms with E-state index in [1.54, 1.807) is 12.3 Å². The second-order valence-corrected chi connectivity index (χ2v) is 7.47. The van der Waals surface area contributed by atoms with Gasteiger partial charge in [0.2, 0.25) is 0 Å². The minimum absolute atomic E-state index is 0. The van der Waals surface area contributed by atoms with Crippen LogP contribution in [0.25, 0.3) is 0 Å². The summed E-state index contributed by atoms with van der Waals surface area (Å²) < 4.78 is 11.5. The van der Waals surface area contributed by atoms with Crippen molar-refractivity contribution < 1.29 is 10.6 Å². The van der Waals surface area contributed by atoms with Crippen LogP contribution in [0.2, 0.25) is 0 Å². The van der Waals surface area contributed by atoms with Crippen LogP contribution >= 0.6 is 0 Å². The third-order valence-electron chi connectivity index (χ3n) is 4.86. The highest BCUT2D eigenvalue weighted by atomic mass is 16.5. The molecule has 1 aromatic carbocycles. The number of benzene rings is 1. The third-order valence-corrected chi connectivity index (χ3v) is 4.86. The number of ether oxygens (including phenoxy) is 1. The topological polar surface area (TPSA) is 101 Å². The smallest absolute Gasteiger partial charge is 0.191 e. The van der Waals surface area contributed by atoms with Gasteiger partial charge in [-0.2, -0.15) is 0 Å². The average molecular weight is 393 g/mol. The van der Waals surface area contributed by atoms with Crippen LogP contribution in [-0.2, 0) is 13.0 Å². The normalized spacial score (nSPS) is 13.4. The zero-order valence-corrected chi connectivity index (χ0v) is 16.9. The standard InChI is InChI=1S/C22H25N5O2.H2/c1-13(2)28-16-4-5-18(23)17(11-16)22(24)15-6-8-25-21(10-15)27-9-7-19-20(12-27)29-14(3)26-19;/h4-6,8,10-11,13,24H,7,9,12,23H2,1-3H3;1H. The molecule has 1 aliphatic rings. The third kappa shape index (κ3) is 3.94. The maximum absolute atomic E-state index is 8.71. The first kappa shape index (κ1) is 19.0. The summed E-state index contributed by atoms with van der Waals surface area (Å²) in [6, 6.07) is 9.18. The zero-order chi connectivity index (χ0) is 20.5. The Balaban J connectivity index is 0.00000256. The zero-order valence-electron chi connectivity index (χ0n) is 16.9. The fourth-order valence-corrected chi connectivity index (χ4v) is 3.52. The van der Waals surface area contributed by atoms with E-state index >= 15 is 0 Å². The van der Waals surface area contributed by atoms with Crippen molar-refractivity contribution in [2.45, 2.75) is 39.8 Å². The number of anilines is 2. The molecule has 3 aromatic rings. The van der Waals surface area contributed by atoms with Crippen LogP contribution in [0.3, 0.4) is 0 Å². The van der Waals surface area contributed by atoms with Crippen molar-refractivity contribution in [1.82, 2.24) is 9.97 Å². The highest BCUT2D eigenvalue weighted by Gasteiger charge is 2.23. The van der Waals surface area contributed by atoms with Gasteiger partial charge >= 0.3 is 0 Å². The lowest BCUT2D eigenvalue weighted by molar-refractivity contribution is 0.242. The van der Waals surface area contributed by atoms with Gasteiger partial charge in [0.05, 0.1) is 24.1 Å². The molecule has 3 heterocycles. The van der Waals surface area contributed by atoms with Crippen molar-refractivity contribution in [3.63, 3.8) is 0 Å². The lowest BCUT2D eigenvalue weighted by Crippen LogP contribution is -2.30. The Morgan fingerprint density at radius 2 is 2.14 bits per heavy atom. The minimum atomic E-state index is 0. The Morgan fingerprint density at radius 3 is 2.93 bits per heavy atom. The van der Waals surface area contributed by atoms with Crippen LogP contribution < -0.4 is 15.4 Å². The fraction of sp³-hybridized carbons (Fsp3) is 0.318. The Morgan fingerprint density at radius 1 is 1.31 bits per heavy atom. The minimum Gasteiger partial charge on any atom is -0.491 e. The number of aromatic nitrogens is 2. The van der Waals surface area contributed by atoms with Crippen LogP contribution in [0.5, 0.6) is 5.75 Å². The molecular weight excluding hydrogens is 366 g/mol. The molecule has 29 heavy (non-hydrogen) atoms. The molecule has 0 radical (unpaired) electrons. The van der Waals surface area contributed by atoms with Crippen molar-refractivity contribution in [2.75, 3.05) is 17.2 Å². The van der Waals surface area contributed by atoms with Gasteiger partial charge in [-0.05, 0) is 44.2 Å². The number of rotatable bonds is 5. The highest BCUT2D eigenvalue weighted by Crippen LogP contribution is 2.27. The van der Waals surface area contributed by atoms with Gasteiger partial charge in [-0.3, -0.25) is 5.41 Å². The van der Waals surface area contributed by atoms with Crippen LogP contribution in [0.4, 0.5) is 11.5 Å². The van der Waals surface area contributed by atoms with Crippen molar-refractivity contribution in [3.05, 3.63) is 65.0 Å². The van der Waals surface area contributed by atoms with Gasteiger partial charge < -0.3 is 19.8 Å². The maximum atomic E-state index is 8.71. The fourth-order valence-electron chi connectivity index (χ4n) is 3.52. The van der Waals surface area contributed by atoms with Crippen LogP contribution in [0, 0.1) is 12.3 Å². The molecule has 0 saturated heterocycles. The first-order valence-corrected chi connectivity index (χ1v) is 9.72.